The zero-order valence-electron chi connectivity index (χ0n) is 10.3. The zero-order valence-corrected chi connectivity index (χ0v) is 10.3. The van der Waals surface area contributed by atoms with E-state index in [1.54, 1.807) is 0 Å². The predicted molar refractivity (Wildman–Crippen MR) is 63.3 cm³/mol. The van der Waals surface area contributed by atoms with Gasteiger partial charge in [-0.25, -0.2) is 0 Å². The summed E-state index contributed by atoms with van der Waals surface area (Å²) >= 11 is 0. The molecule has 0 saturated carbocycles. The van der Waals surface area contributed by atoms with Gasteiger partial charge >= 0.3 is 0 Å². The van der Waals surface area contributed by atoms with Gasteiger partial charge in [-0.3, -0.25) is 4.79 Å². The lowest BCUT2D eigenvalue weighted by atomic mass is 10.0. The highest BCUT2D eigenvalue weighted by Gasteiger charge is 2.06. The fraction of sp³-hybridized carbons (Fsp3) is 0.917. The topological polar surface area (TPSA) is 43.1 Å². The van der Waals surface area contributed by atoms with Crippen LogP contribution in [0.3, 0.4) is 0 Å². The molecule has 0 radical (unpaired) electrons. The fourth-order valence-electron chi connectivity index (χ4n) is 0.929. The summed E-state index contributed by atoms with van der Waals surface area (Å²) in [5, 5.41) is 0. The van der Waals surface area contributed by atoms with Gasteiger partial charge in [0.1, 0.15) is 5.78 Å². The molecule has 0 bridgehead atoms. The first kappa shape index (κ1) is 16.1. The highest BCUT2D eigenvalue weighted by atomic mass is 16.1. The average molecular weight is 201 g/mol. The Labute approximate surface area is 89.3 Å². The molecule has 1 unspecified atom stereocenters. The summed E-state index contributed by atoms with van der Waals surface area (Å²) in [6.07, 6.45) is 6.44. The Balaban J connectivity index is 0. The van der Waals surface area contributed by atoms with Crippen LogP contribution < -0.4 is 5.73 Å². The Morgan fingerprint density at radius 1 is 1.14 bits per heavy atom. The van der Waals surface area contributed by atoms with Crippen LogP contribution in [0.25, 0.3) is 0 Å². The van der Waals surface area contributed by atoms with Crippen LogP contribution in [0.1, 0.15) is 59.8 Å². The molecule has 2 nitrogen and oxygen atoms in total. The predicted octanol–water partition coefficient (Wildman–Crippen LogP) is 3.15. The number of ketones is 1. The van der Waals surface area contributed by atoms with Crippen molar-refractivity contribution in [3.63, 3.8) is 0 Å². The molecule has 0 rings (SSSR count). The van der Waals surface area contributed by atoms with E-state index in [2.05, 4.69) is 13.8 Å². The maximum absolute atomic E-state index is 10.6. The van der Waals surface area contributed by atoms with Gasteiger partial charge in [-0.2, -0.15) is 0 Å². The molecule has 0 aromatic rings. The minimum absolute atomic E-state index is 0.153. The molecule has 0 aliphatic carbocycles. The molecule has 2 N–H and O–H groups in total. The third-order valence-electron chi connectivity index (χ3n) is 2.32. The minimum Gasteiger partial charge on any atom is -0.324 e. The van der Waals surface area contributed by atoms with Crippen LogP contribution in [-0.2, 0) is 4.79 Å². The van der Waals surface area contributed by atoms with Crippen molar-refractivity contribution in [2.24, 2.45) is 11.7 Å². The normalized spacial score (nSPS) is 11.5. The molecule has 0 aromatic heterocycles. The second-order valence-electron chi connectivity index (χ2n) is 3.69. The number of carbonyl (C=O) groups excluding carboxylic acids is 1. The van der Waals surface area contributed by atoms with Crippen molar-refractivity contribution >= 4 is 5.78 Å². The number of hydrogen-bond donors (Lipinski definition) is 1. The van der Waals surface area contributed by atoms with Crippen molar-refractivity contribution in [2.75, 3.05) is 6.54 Å². The lowest BCUT2D eigenvalue weighted by Gasteiger charge is -2.01. The summed E-state index contributed by atoms with van der Waals surface area (Å²) in [6, 6.07) is 0. The molecule has 0 spiro atoms. The van der Waals surface area contributed by atoms with E-state index in [1.165, 1.54) is 25.7 Å². The van der Waals surface area contributed by atoms with E-state index in [1.807, 2.05) is 13.8 Å². The molecule has 0 fully saturated rings. The molecule has 1 atom stereocenters. The third kappa shape index (κ3) is 11.6. The van der Waals surface area contributed by atoms with Crippen LogP contribution in [0.2, 0.25) is 0 Å². The summed E-state index contributed by atoms with van der Waals surface area (Å²) in [6.45, 7) is 8.54. The number of hydrogen-bond acceptors (Lipinski definition) is 2. The highest BCUT2D eigenvalue weighted by molar-refractivity contribution is 5.82. The number of rotatable bonds is 6. The van der Waals surface area contributed by atoms with E-state index < -0.39 is 0 Å². The zero-order chi connectivity index (χ0) is 11.4. The molecule has 86 valence electrons. The van der Waals surface area contributed by atoms with Crippen molar-refractivity contribution in [3.8, 4) is 0 Å². The number of Topliss-reactive ketones (excluding diaryl/α,β-unsaturated/α-hetero) is 1. The highest BCUT2D eigenvalue weighted by Crippen LogP contribution is 1.99. The molecule has 0 saturated heterocycles. The van der Waals surface area contributed by atoms with Crippen molar-refractivity contribution in [1.82, 2.24) is 0 Å². The van der Waals surface area contributed by atoms with Crippen molar-refractivity contribution in [1.29, 1.82) is 0 Å². The monoisotopic (exact) mass is 201 g/mol. The van der Waals surface area contributed by atoms with Gasteiger partial charge in [0.15, 0.2) is 0 Å². The number of nitrogens with two attached hydrogens (primary N) is 1. The molecule has 0 aromatic carbocycles. The van der Waals surface area contributed by atoms with E-state index in [0.717, 1.165) is 6.42 Å². The first-order valence-electron chi connectivity index (χ1n) is 5.86. The van der Waals surface area contributed by atoms with E-state index in [0.29, 0.717) is 0 Å². The van der Waals surface area contributed by atoms with E-state index in [4.69, 9.17) is 5.73 Å². The Kier molecular flexibility index (Phi) is 14.5. The summed E-state index contributed by atoms with van der Waals surface area (Å²) < 4.78 is 0. The Morgan fingerprint density at radius 2 is 1.57 bits per heavy atom. The molecule has 0 aliphatic rings. The summed E-state index contributed by atoms with van der Waals surface area (Å²) in [5.74, 6) is 0.312. The van der Waals surface area contributed by atoms with Crippen LogP contribution in [0.15, 0.2) is 0 Å². The Morgan fingerprint density at radius 3 is 1.71 bits per heavy atom. The maximum Gasteiger partial charge on any atom is 0.149 e. The SMILES string of the molecule is CCC(C)C(=O)CN.CCCCCC. The van der Waals surface area contributed by atoms with E-state index in [9.17, 15) is 4.79 Å². The summed E-state index contributed by atoms with van der Waals surface area (Å²) in [5.41, 5.74) is 5.10. The maximum atomic E-state index is 10.6. The first-order valence-corrected chi connectivity index (χ1v) is 5.86. The third-order valence-corrected chi connectivity index (χ3v) is 2.32. The van der Waals surface area contributed by atoms with Gasteiger partial charge in [0.2, 0.25) is 0 Å². The minimum atomic E-state index is 0.153. The van der Waals surface area contributed by atoms with Crippen LogP contribution in [0, 0.1) is 5.92 Å². The van der Waals surface area contributed by atoms with Crippen LogP contribution in [0.5, 0.6) is 0 Å². The quantitative estimate of drug-likeness (QED) is 0.671. The molecule has 0 heterocycles. The van der Waals surface area contributed by atoms with Gasteiger partial charge in [-0.05, 0) is 6.42 Å². The second kappa shape index (κ2) is 12.6. The standard InChI is InChI=1S/C6H13NO.C6H14/c1-3-5(2)6(8)4-7;1-3-5-6-4-2/h5H,3-4,7H2,1-2H3;3-6H2,1-2H3. The lowest BCUT2D eigenvalue weighted by molar-refractivity contribution is -0.121. The van der Waals surface area contributed by atoms with Crippen LogP contribution in [-0.4, -0.2) is 12.3 Å². The van der Waals surface area contributed by atoms with Gasteiger partial charge in [0.05, 0.1) is 6.54 Å². The number of carbonyl (C=O) groups is 1. The Bertz CT molecular complexity index is 119. The molecular formula is C12H27NO. The van der Waals surface area contributed by atoms with Crippen molar-refractivity contribution in [3.05, 3.63) is 0 Å². The second-order valence-corrected chi connectivity index (χ2v) is 3.69. The van der Waals surface area contributed by atoms with E-state index in [-0.39, 0.29) is 18.2 Å². The summed E-state index contributed by atoms with van der Waals surface area (Å²) in [7, 11) is 0. The van der Waals surface area contributed by atoms with Gasteiger partial charge in [0, 0.05) is 5.92 Å². The molecule has 2 heteroatoms. The van der Waals surface area contributed by atoms with Gasteiger partial charge < -0.3 is 5.73 Å². The molecular weight excluding hydrogens is 174 g/mol. The number of unbranched alkanes of at least 4 members (excludes halogenated alkanes) is 3. The first-order chi connectivity index (χ1) is 6.63. The van der Waals surface area contributed by atoms with E-state index >= 15 is 0 Å². The lowest BCUT2D eigenvalue weighted by Crippen LogP contribution is -2.20. The van der Waals surface area contributed by atoms with Crippen molar-refractivity contribution in [2.45, 2.75) is 59.8 Å². The van der Waals surface area contributed by atoms with Gasteiger partial charge in [0.25, 0.3) is 0 Å². The Hall–Kier alpha value is -0.370. The fourth-order valence-corrected chi connectivity index (χ4v) is 0.929. The van der Waals surface area contributed by atoms with Crippen molar-refractivity contribution < 1.29 is 4.79 Å². The average Bonchev–Trinajstić information content (AvgIpc) is 2.24. The molecule has 0 amide bonds. The largest absolute Gasteiger partial charge is 0.324 e. The summed E-state index contributed by atoms with van der Waals surface area (Å²) in [4.78, 5) is 10.6. The van der Waals surface area contributed by atoms with Crippen LogP contribution in [0.4, 0.5) is 0 Å². The smallest absolute Gasteiger partial charge is 0.149 e. The molecule has 14 heavy (non-hydrogen) atoms. The van der Waals surface area contributed by atoms with Gasteiger partial charge in [-0.15, -0.1) is 0 Å². The van der Waals surface area contributed by atoms with Crippen LogP contribution >= 0.6 is 0 Å². The van der Waals surface area contributed by atoms with Gasteiger partial charge in [-0.1, -0.05) is 53.4 Å². The molecule has 0 aliphatic heterocycles.